The normalized spacial score (nSPS) is 14.2. The van der Waals surface area contributed by atoms with Gasteiger partial charge in [-0.25, -0.2) is 4.79 Å². The SMILES string of the molecule is CCOC(=O)[C@H](CCCCCCCc1ccc2c(n1)CCCC2)NC(=O)C(CC)CC. The van der Waals surface area contributed by atoms with E-state index in [0.717, 1.165) is 51.4 Å². The van der Waals surface area contributed by atoms with Gasteiger partial charge >= 0.3 is 5.97 Å². The average Bonchev–Trinajstić information content (AvgIpc) is 2.78. The Labute approximate surface area is 188 Å². The van der Waals surface area contributed by atoms with E-state index in [-0.39, 0.29) is 17.8 Å². The molecule has 0 fully saturated rings. The molecule has 0 unspecified atom stereocenters. The largest absolute Gasteiger partial charge is 0.464 e. The summed E-state index contributed by atoms with van der Waals surface area (Å²) in [5, 5.41) is 2.93. The zero-order valence-electron chi connectivity index (χ0n) is 19.9. The summed E-state index contributed by atoms with van der Waals surface area (Å²) in [6, 6.07) is 3.96. The molecular weight excluding hydrogens is 388 g/mol. The van der Waals surface area contributed by atoms with E-state index >= 15 is 0 Å². The Balaban J connectivity index is 1.67. The van der Waals surface area contributed by atoms with Crippen molar-refractivity contribution in [2.45, 2.75) is 110 Å². The summed E-state index contributed by atoms with van der Waals surface area (Å²) in [5.74, 6) is -0.366. The molecule has 1 aromatic heterocycles. The number of aryl methyl sites for hydroxylation is 3. The molecule has 0 saturated heterocycles. The summed E-state index contributed by atoms with van der Waals surface area (Å²) in [5.41, 5.74) is 4.00. The molecule has 174 valence electrons. The van der Waals surface area contributed by atoms with Gasteiger partial charge in [-0.05, 0) is 76.3 Å². The second-order valence-electron chi connectivity index (χ2n) is 8.75. The van der Waals surface area contributed by atoms with Gasteiger partial charge in [-0.1, -0.05) is 45.6 Å². The van der Waals surface area contributed by atoms with E-state index in [1.807, 2.05) is 13.8 Å². The molecule has 1 N–H and O–H groups in total. The highest BCUT2D eigenvalue weighted by molar-refractivity contribution is 5.85. The molecule has 1 heterocycles. The van der Waals surface area contributed by atoms with Crippen molar-refractivity contribution in [1.82, 2.24) is 10.3 Å². The number of nitrogens with zero attached hydrogens (tertiary/aromatic N) is 1. The average molecular weight is 431 g/mol. The number of carbonyl (C=O) groups is 2. The summed E-state index contributed by atoms with van der Waals surface area (Å²) in [4.78, 5) is 29.5. The third-order valence-corrected chi connectivity index (χ3v) is 6.41. The van der Waals surface area contributed by atoms with Gasteiger partial charge in [-0.2, -0.15) is 0 Å². The first-order valence-electron chi connectivity index (χ1n) is 12.5. The number of esters is 1. The first kappa shape index (κ1) is 25.4. The summed E-state index contributed by atoms with van der Waals surface area (Å²) < 4.78 is 5.18. The van der Waals surface area contributed by atoms with Crippen molar-refractivity contribution < 1.29 is 14.3 Å². The minimum Gasteiger partial charge on any atom is -0.464 e. The molecule has 0 saturated carbocycles. The number of hydrogen-bond donors (Lipinski definition) is 1. The van der Waals surface area contributed by atoms with Gasteiger partial charge in [0, 0.05) is 17.3 Å². The maximum absolute atomic E-state index is 12.4. The van der Waals surface area contributed by atoms with Crippen LogP contribution in [0.5, 0.6) is 0 Å². The van der Waals surface area contributed by atoms with Gasteiger partial charge in [0.25, 0.3) is 0 Å². The second-order valence-corrected chi connectivity index (χ2v) is 8.75. The molecule has 2 rings (SSSR count). The van der Waals surface area contributed by atoms with Gasteiger partial charge in [0.1, 0.15) is 6.04 Å². The van der Waals surface area contributed by atoms with Crippen LogP contribution in [0.3, 0.4) is 0 Å². The van der Waals surface area contributed by atoms with Gasteiger partial charge in [0.2, 0.25) is 5.91 Å². The molecule has 0 radical (unpaired) electrons. The number of hydrogen-bond acceptors (Lipinski definition) is 4. The van der Waals surface area contributed by atoms with E-state index in [1.165, 1.54) is 42.6 Å². The van der Waals surface area contributed by atoms with E-state index < -0.39 is 6.04 Å². The molecule has 5 nitrogen and oxygen atoms in total. The van der Waals surface area contributed by atoms with Crippen LogP contribution in [0.4, 0.5) is 0 Å². The molecule has 5 heteroatoms. The Morgan fingerprint density at radius 2 is 1.71 bits per heavy atom. The van der Waals surface area contributed by atoms with Gasteiger partial charge in [0.15, 0.2) is 0 Å². The molecule has 1 aliphatic carbocycles. The molecule has 1 amide bonds. The van der Waals surface area contributed by atoms with E-state index in [4.69, 9.17) is 9.72 Å². The van der Waals surface area contributed by atoms with Crippen molar-refractivity contribution in [3.63, 3.8) is 0 Å². The second kappa shape index (κ2) is 14.2. The lowest BCUT2D eigenvalue weighted by molar-refractivity contribution is -0.148. The van der Waals surface area contributed by atoms with Gasteiger partial charge in [0.05, 0.1) is 6.61 Å². The number of aromatic nitrogens is 1. The predicted octanol–water partition coefficient (Wildman–Crippen LogP) is 5.33. The van der Waals surface area contributed by atoms with Crippen LogP contribution in [0.2, 0.25) is 0 Å². The van der Waals surface area contributed by atoms with Crippen molar-refractivity contribution in [3.8, 4) is 0 Å². The van der Waals surface area contributed by atoms with Crippen molar-refractivity contribution in [2.24, 2.45) is 5.92 Å². The van der Waals surface area contributed by atoms with Crippen LogP contribution < -0.4 is 5.32 Å². The molecule has 0 aromatic carbocycles. The Bertz CT molecular complexity index is 685. The lowest BCUT2D eigenvalue weighted by atomic mass is 9.95. The molecule has 1 aliphatic rings. The van der Waals surface area contributed by atoms with Crippen LogP contribution in [0, 0.1) is 5.92 Å². The highest BCUT2D eigenvalue weighted by Gasteiger charge is 2.24. The number of fused-ring (bicyclic) bond motifs is 1. The van der Waals surface area contributed by atoms with E-state index in [9.17, 15) is 9.59 Å². The minimum absolute atomic E-state index is 0.0272. The van der Waals surface area contributed by atoms with Crippen molar-refractivity contribution in [2.75, 3.05) is 6.61 Å². The van der Waals surface area contributed by atoms with E-state index in [0.29, 0.717) is 13.0 Å². The van der Waals surface area contributed by atoms with Crippen LogP contribution in [-0.2, 0) is 33.6 Å². The molecule has 0 bridgehead atoms. The Morgan fingerprint density at radius 3 is 2.45 bits per heavy atom. The number of nitrogens with one attached hydrogen (secondary N) is 1. The van der Waals surface area contributed by atoms with Gasteiger partial charge in [-0.3, -0.25) is 9.78 Å². The first-order valence-corrected chi connectivity index (χ1v) is 12.5. The van der Waals surface area contributed by atoms with Crippen LogP contribution >= 0.6 is 0 Å². The highest BCUT2D eigenvalue weighted by atomic mass is 16.5. The first-order chi connectivity index (χ1) is 15.1. The Morgan fingerprint density at radius 1 is 1.00 bits per heavy atom. The monoisotopic (exact) mass is 430 g/mol. The zero-order valence-corrected chi connectivity index (χ0v) is 19.9. The number of rotatable bonds is 14. The summed E-state index contributed by atoms with van der Waals surface area (Å²) >= 11 is 0. The number of ether oxygens (including phenoxy) is 1. The summed E-state index contributed by atoms with van der Waals surface area (Å²) in [6.45, 7) is 6.15. The highest BCUT2D eigenvalue weighted by Crippen LogP contribution is 2.20. The Kier molecular flexibility index (Phi) is 11.6. The number of carbonyl (C=O) groups excluding carboxylic acids is 2. The van der Waals surface area contributed by atoms with Crippen LogP contribution in [-0.4, -0.2) is 29.5 Å². The fraction of sp³-hybridized carbons (Fsp3) is 0.731. The maximum atomic E-state index is 12.4. The molecule has 31 heavy (non-hydrogen) atoms. The third-order valence-electron chi connectivity index (χ3n) is 6.41. The predicted molar refractivity (Wildman–Crippen MR) is 125 cm³/mol. The lowest BCUT2D eigenvalue weighted by Crippen LogP contribution is -2.44. The summed E-state index contributed by atoms with van der Waals surface area (Å²) in [6.07, 6.45) is 13.6. The van der Waals surface area contributed by atoms with Crippen molar-refractivity contribution in [3.05, 3.63) is 29.1 Å². The molecule has 0 aliphatic heterocycles. The number of unbranched alkanes of at least 4 members (excludes halogenated alkanes) is 4. The van der Waals surface area contributed by atoms with Crippen LogP contribution in [0.1, 0.15) is 102 Å². The van der Waals surface area contributed by atoms with E-state index in [2.05, 4.69) is 17.4 Å². The lowest BCUT2D eigenvalue weighted by Gasteiger charge is -2.20. The van der Waals surface area contributed by atoms with Crippen molar-refractivity contribution in [1.29, 1.82) is 0 Å². The van der Waals surface area contributed by atoms with Crippen LogP contribution in [0.25, 0.3) is 0 Å². The fourth-order valence-corrected chi connectivity index (χ4v) is 4.39. The van der Waals surface area contributed by atoms with Crippen LogP contribution in [0.15, 0.2) is 12.1 Å². The molecular formula is C26H42N2O3. The summed E-state index contributed by atoms with van der Waals surface area (Å²) in [7, 11) is 0. The molecule has 1 aromatic rings. The fourth-order valence-electron chi connectivity index (χ4n) is 4.39. The maximum Gasteiger partial charge on any atom is 0.328 e. The minimum atomic E-state index is -0.521. The number of pyridine rings is 1. The molecule has 0 spiro atoms. The van der Waals surface area contributed by atoms with Gasteiger partial charge in [-0.15, -0.1) is 0 Å². The van der Waals surface area contributed by atoms with E-state index in [1.54, 1.807) is 6.92 Å². The smallest absolute Gasteiger partial charge is 0.328 e. The standard InChI is InChI=1S/C26H42N2O3/c1-4-20(5-2)25(29)28-24(26(30)31-6-3)17-11-9-7-8-10-15-22-19-18-21-14-12-13-16-23(21)27-22/h18-20,24H,4-17H2,1-3H3,(H,28,29)/t24-/m0/s1. The topological polar surface area (TPSA) is 68.3 Å². The molecule has 1 atom stereocenters. The number of amides is 1. The van der Waals surface area contributed by atoms with Gasteiger partial charge < -0.3 is 10.1 Å². The Hall–Kier alpha value is -1.91. The zero-order chi connectivity index (χ0) is 22.5. The van der Waals surface area contributed by atoms with Crippen molar-refractivity contribution >= 4 is 11.9 Å². The third kappa shape index (κ3) is 8.62. The quantitative estimate of drug-likeness (QED) is 0.320.